The van der Waals surface area contributed by atoms with Crippen molar-refractivity contribution in [1.82, 2.24) is 0 Å². The van der Waals surface area contributed by atoms with Crippen LogP contribution in [0.25, 0.3) is 0 Å². The first-order valence-corrected chi connectivity index (χ1v) is 8.40. The Bertz CT molecular complexity index is 697. The smallest absolute Gasteiger partial charge is 0.136 e. The Hall–Kier alpha value is -1.76. The second-order valence-electron chi connectivity index (χ2n) is 5.99. The van der Waals surface area contributed by atoms with E-state index < -0.39 is 0 Å². The molecule has 0 aromatic heterocycles. The summed E-state index contributed by atoms with van der Waals surface area (Å²) in [5.41, 5.74) is 1.72. The Labute approximate surface area is 146 Å². The van der Waals surface area contributed by atoms with Crippen molar-refractivity contribution in [1.29, 1.82) is 0 Å². The molecule has 2 nitrogen and oxygen atoms in total. The van der Waals surface area contributed by atoms with Crippen LogP contribution in [0, 0.1) is 17.3 Å². The highest BCUT2D eigenvalue weighted by Crippen LogP contribution is 2.28. The van der Waals surface area contributed by atoms with Gasteiger partial charge in [-0.3, -0.25) is 0 Å². The highest BCUT2D eigenvalue weighted by atomic mass is 79.9. The second-order valence-corrected chi connectivity index (χ2v) is 6.85. The first-order valence-electron chi connectivity index (χ1n) is 7.61. The maximum atomic E-state index is 9.12. The van der Waals surface area contributed by atoms with Gasteiger partial charge in [0, 0.05) is 16.5 Å². The quantitative estimate of drug-likeness (QED) is 0.764. The van der Waals surface area contributed by atoms with Crippen molar-refractivity contribution in [3.63, 3.8) is 0 Å². The summed E-state index contributed by atoms with van der Waals surface area (Å²) in [7, 11) is 0. The Morgan fingerprint density at radius 1 is 1.09 bits per heavy atom. The lowest BCUT2D eigenvalue weighted by Gasteiger charge is -2.15. The summed E-state index contributed by atoms with van der Waals surface area (Å²) in [6.45, 7) is 4.69. The molecule has 0 unspecified atom stereocenters. The third kappa shape index (κ3) is 5.42. The molecule has 2 rings (SSSR count). The molecule has 0 saturated heterocycles. The molecule has 0 heterocycles. The van der Waals surface area contributed by atoms with Crippen LogP contribution in [0.2, 0.25) is 0 Å². The number of hydrogen-bond donors (Lipinski definition) is 1. The van der Waals surface area contributed by atoms with E-state index in [9.17, 15) is 0 Å². The van der Waals surface area contributed by atoms with Crippen molar-refractivity contribution in [3.8, 4) is 17.6 Å². The summed E-state index contributed by atoms with van der Waals surface area (Å²) in [6.07, 6.45) is 0.644. The normalized spacial score (nSPS) is 10.8. The van der Waals surface area contributed by atoms with Gasteiger partial charge in [0.1, 0.15) is 12.4 Å². The molecule has 0 atom stereocenters. The maximum absolute atomic E-state index is 9.12. The first-order chi connectivity index (χ1) is 11.0. The van der Waals surface area contributed by atoms with E-state index in [-0.39, 0.29) is 12.0 Å². The molecule has 2 aromatic rings. The molecule has 1 N–H and O–H groups in total. The zero-order valence-corrected chi connectivity index (χ0v) is 15.1. The van der Waals surface area contributed by atoms with E-state index >= 15 is 0 Å². The average molecular weight is 373 g/mol. The molecule has 0 amide bonds. The fraction of sp³-hybridized carbons (Fsp3) is 0.300. The summed E-state index contributed by atoms with van der Waals surface area (Å²) in [5, 5.41) is 9.12. The van der Waals surface area contributed by atoms with Crippen molar-refractivity contribution in [2.45, 2.75) is 26.9 Å². The zero-order valence-electron chi connectivity index (χ0n) is 13.5. The molecule has 120 valence electrons. The highest BCUT2D eigenvalue weighted by molar-refractivity contribution is 9.10. The maximum Gasteiger partial charge on any atom is 0.136 e. The van der Waals surface area contributed by atoms with E-state index in [1.165, 1.54) is 0 Å². The highest BCUT2D eigenvalue weighted by Gasteiger charge is 2.14. The van der Waals surface area contributed by atoms with Crippen molar-refractivity contribution in [2.24, 2.45) is 5.41 Å². The number of hydrogen-bond acceptors (Lipinski definition) is 2. The van der Waals surface area contributed by atoms with Gasteiger partial charge in [0.25, 0.3) is 0 Å². The number of benzene rings is 2. The minimum Gasteiger partial charge on any atom is -0.488 e. The van der Waals surface area contributed by atoms with Gasteiger partial charge in [0.15, 0.2) is 0 Å². The summed E-state index contributed by atoms with van der Waals surface area (Å²) in [4.78, 5) is 0. The number of aliphatic hydroxyl groups is 1. The van der Waals surface area contributed by atoms with E-state index in [1.807, 2.05) is 62.4 Å². The van der Waals surface area contributed by atoms with Crippen molar-refractivity contribution in [2.75, 3.05) is 6.61 Å². The number of rotatable bonds is 5. The molecule has 0 fully saturated rings. The minimum absolute atomic E-state index is 0.134. The molecular formula is C20H21BrO2. The van der Waals surface area contributed by atoms with Gasteiger partial charge in [0.2, 0.25) is 0 Å². The number of aliphatic hydroxyl groups excluding tert-OH is 1. The second kappa shape index (κ2) is 8.19. The van der Waals surface area contributed by atoms with Gasteiger partial charge < -0.3 is 9.84 Å². The van der Waals surface area contributed by atoms with Crippen LogP contribution >= 0.6 is 15.9 Å². The zero-order chi connectivity index (χ0) is 16.7. The third-order valence-electron chi connectivity index (χ3n) is 3.48. The SMILES string of the molecule is CC(C)(C#Cc1c(Br)cccc1OCc1ccccc1)CCO. The lowest BCUT2D eigenvalue weighted by Crippen LogP contribution is -2.10. The topological polar surface area (TPSA) is 29.5 Å². The predicted octanol–water partition coefficient (Wildman–Crippen LogP) is 4.79. The molecule has 0 aliphatic rings. The largest absolute Gasteiger partial charge is 0.488 e. The first kappa shape index (κ1) is 17.6. The van der Waals surface area contributed by atoms with Crippen LogP contribution in [-0.4, -0.2) is 11.7 Å². The van der Waals surface area contributed by atoms with Crippen LogP contribution in [0.1, 0.15) is 31.4 Å². The molecule has 0 spiro atoms. The summed E-state index contributed by atoms with van der Waals surface area (Å²) in [5.74, 6) is 7.21. The van der Waals surface area contributed by atoms with E-state index in [0.29, 0.717) is 13.0 Å². The lowest BCUT2D eigenvalue weighted by atomic mass is 9.90. The molecule has 0 saturated carbocycles. The monoisotopic (exact) mass is 372 g/mol. The van der Waals surface area contributed by atoms with Crippen molar-refractivity contribution in [3.05, 3.63) is 64.1 Å². The predicted molar refractivity (Wildman–Crippen MR) is 97.3 cm³/mol. The Balaban J connectivity index is 2.21. The fourth-order valence-corrected chi connectivity index (χ4v) is 2.50. The fourth-order valence-electron chi connectivity index (χ4n) is 2.05. The van der Waals surface area contributed by atoms with Gasteiger partial charge in [0.05, 0.1) is 5.56 Å². The van der Waals surface area contributed by atoms with Crippen LogP contribution in [0.3, 0.4) is 0 Å². The van der Waals surface area contributed by atoms with E-state index in [1.54, 1.807) is 0 Å². The lowest BCUT2D eigenvalue weighted by molar-refractivity contribution is 0.245. The molecular weight excluding hydrogens is 352 g/mol. The van der Waals surface area contributed by atoms with Crippen LogP contribution in [0.5, 0.6) is 5.75 Å². The molecule has 0 radical (unpaired) electrons. The number of halogens is 1. The van der Waals surface area contributed by atoms with Gasteiger partial charge in [-0.15, -0.1) is 0 Å². The van der Waals surface area contributed by atoms with Gasteiger partial charge in [-0.1, -0.05) is 48.2 Å². The third-order valence-corrected chi connectivity index (χ3v) is 4.14. The van der Waals surface area contributed by atoms with Crippen LogP contribution < -0.4 is 4.74 Å². The molecule has 0 aliphatic heterocycles. The Kier molecular flexibility index (Phi) is 6.27. The summed E-state index contributed by atoms with van der Waals surface area (Å²) >= 11 is 3.55. The minimum atomic E-state index is -0.235. The van der Waals surface area contributed by atoms with Gasteiger partial charge >= 0.3 is 0 Å². The molecule has 2 aromatic carbocycles. The number of ether oxygens (including phenoxy) is 1. The molecule has 23 heavy (non-hydrogen) atoms. The Morgan fingerprint density at radius 3 is 2.52 bits per heavy atom. The van der Waals surface area contributed by atoms with Gasteiger partial charge in [-0.05, 0) is 53.9 Å². The van der Waals surface area contributed by atoms with Crippen molar-refractivity contribution >= 4 is 15.9 Å². The molecule has 0 bridgehead atoms. The van der Waals surface area contributed by atoms with Crippen LogP contribution in [-0.2, 0) is 6.61 Å². The Morgan fingerprint density at radius 2 is 1.83 bits per heavy atom. The van der Waals surface area contributed by atoms with Crippen LogP contribution in [0.15, 0.2) is 53.0 Å². The van der Waals surface area contributed by atoms with E-state index in [2.05, 4.69) is 27.8 Å². The van der Waals surface area contributed by atoms with Gasteiger partial charge in [-0.25, -0.2) is 0 Å². The molecule has 3 heteroatoms. The van der Waals surface area contributed by atoms with Gasteiger partial charge in [-0.2, -0.15) is 0 Å². The molecule has 0 aliphatic carbocycles. The average Bonchev–Trinajstić information content (AvgIpc) is 2.53. The summed E-state index contributed by atoms with van der Waals surface area (Å²) in [6, 6.07) is 15.9. The van der Waals surface area contributed by atoms with E-state index in [0.717, 1.165) is 21.3 Å². The standard InChI is InChI=1S/C20H21BrO2/c1-20(2,13-14-22)12-11-17-18(21)9-6-10-19(17)23-15-16-7-4-3-5-8-16/h3-10,22H,13-15H2,1-2H3. The van der Waals surface area contributed by atoms with Crippen molar-refractivity contribution < 1.29 is 9.84 Å². The van der Waals surface area contributed by atoms with Crippen LogP contribution in [0.4, 0.5) is 0 Å². The van der Waals surface area contributed by atoms with E-state index in [4.69, 9.17) is 9.84 Å². The summed E-state index contributed by atoms with van der Waals surface area (Å²) < 4.78 is 6.86.